The SMILES string of the molecule is CNC(C)c1sc(N2CCCNC(=O)C2)nc1C. The quantitative estimate of drug-likeness (QED) is 0.860. The molecule has 1 aromatic rings. The molecule has 0 bridgehead atoms. The van der Waals surface area contributed by atoms with Crippen LogP contribution in [0.3, 0.4) is 0 Å². The van der Waals surface area contributed by atoms with Crippen molar-refractivity contribution in [2.75, 3.05) is 31.6 Å². The molecule has 1 amide bonds. The van der Waals surface area contributed by atoms with E-state index in [-0.39, 0.29) is 5.91 Å². The van der Waals surface area contributed by atoms with Crippen LogP contribution in [0, 0.1) is 6.92 Å². The highest BCUT2D eigenvalue weighted by molar-refractivity contribution is 7.15. The second kappa shape index (κ2) is 5.67. The van der Waals surface area contributed by atoms with Gasteiger partial charge in [-0.15, -0.1) is 0 Å². The summed E-state index contributed by atoms with van der Waals surface area (Å²) < 4.78 is 0. The molecule has 1 aliphatic rings. The lowest BCUT2D eigenvalue weighted by Gasteiger charge is -2.17. The molecule has 1 unspecified atom stereocenters. The summed E-state index contributed by atoms with van der Waals surface area (Å²) in [4.78, 5) is 19.5. The van der Waals surface area contributed by atoms with Crippen LogP contribution in [-0.4, -0.2) is 37.6 Å². The van der Waals surface area contributed by atoms with Crippen molar-refractivity contribution in [2.45, 2.75) is 26.3 Å². The number of amides is 1. The van der Waals surface area contributed by atoms with E-state index in [4.69, 9.17) is 0 Å². The van der Waals surface area contributed by atoms with Gasteiger partial charge < -0.3 is 15.5 Å². The van der Waals surface area contributed by atoms with Crippen molar-refractivity contribution >= 4 is 22.4 Å². The number of hydrogen-bond acceptors (Lipinski definition) is 5. The van der Waals surface area contributed by atoms with Gasteiger partial charge in [0, 0.05) is 24.0 Å². The molecule has 0 aliphatic carbocycles. The number of carbonyl (C=O) groups is 1. The molecule has 2 rings (SSSR count). The summed E-state index contributed by atoms with van der Waals surface area (Å²) in [6, 6.07) is 0.303. The molecule has 5 nitrogen and oxygen atoms in total. The van der Waals surface area contributed by atoms with Crippen LogP contribution in [0.5, 0.6) is 0 Å². The highest BCUT2D eigenvalue weighted by Gasteiger charge is 2.20. The molecule has 1 saturated heterocycles. The number of aromatic nitrogens is 1. The Bertz CT molecular complexity index is 432. The molecule has 0 saturated carbocycles. The van der Waals surface area contributed by atoms with Crippen LogP contribution in [0.4, 0.5) is 5.13 Å². The number of hydrogen-bond donors (Lipinski definition) is 2. The Morgan fingerprint density at radius 1 is 1.56 bits per heavy atom. The van der Waals surface area contributed by atoms with E-state index in [9.17, 15) is 4.79 Å². The van der Waals surface area contributed by atoms with Gasteiger partial charge in [0.2, 0.25) is 5.91 Å². The largest absolute Gasteiger partial charge is 0.354 e. The van der Waals surface area contributed by atoms with Crippen molar-refractivity contribution in [1.29, 1.82) is 0 Å². The topological polar surface area (TPSA) is 57.3 Å². The van der Waals surface area contributed by atoms with Gasteiger partial charge in [-0.05, 0) is 27.3 Å². The van der Waals surface area contributed by atoms with Crippen molar-refractivity contribution in [1.82, 2.24) is 15.6 Å². The van der Waals surface area contributed by atoms with E-state index in [1.807, 2.05) is 14.0 Å². The zero-order valence-electron chi connectivity index (χ0n) is 11.1. The Morgan fingerprint density at radius 2 is 2.33 bits per heavy atom. The van der Waals surface area contributed by atoms with Crippen molar-refractivity contribution in [3.8, 4) is 0 Å². The third kappa shape index (κ3) is 2.81. The van der Waals surface area contributed by atoms with E-state index in [1.54, 1.807) is 11.3 Å². The fraction of sp³-hybridized carbons (Fsp3) is 0.667. The van der Waals surface area contributed by atoms with Gasteiger partial charge in [0.1, 0.15) is 0 Å². The fourth-order valence-corrected chi connectivity index (χ4v) is 3.18. The number of rotatable bonds is 3. The van der Waals surface area contributed by atoms with E-state index < -0.39 is 0 Å². The molecule has 1 fully saturated rings. The Kier molecular flexibility index (Phi) is 4.19. The van der Waals surface area contributed by atoms with Gasteiger partial charge in [-0.2, -0.15) is 0 Å². The molecule has 1 aromatic heterocycles. The predicted octanol–water partition coefficient (Wildman–Crippen LogP) is 1.06. The smallest absolute Gasteiger partial charge is 0.239 e. The Hall–Kier alpha value is -1.14. The summed E-state index contributed by atoms with van der Waals surface area (Å²) in [5.74, 6) is 0.0866. The van der Waals surface area contributed by atoms with E-state index in [1.165, 1.54) is 4.88 Å². The number of aryl methyl sites for hydroxylation is 1. The molecule has 0 aromatic carbocycles. The minimum absolute atomic E-state index is 0.0866. The van der Waals surface area contributed by atoms with Crippen molar-refractivity contribution < 1.29 is 4.79 Å². The Balaban J connectivity index is 2.19. The van der Waals surface area contributed by atoms with Crippen molar-refractivity contribution in [3.05, 3.63) is 10.6 Å². The minimum Gasteiger partial charge on any atom is -0.354 e. The van der Waals surface area contributed by atoms with Crippen LogP contribution in [0.2, 0.25) is 0 Å². The maximum atomic E-state index is 11.6. The van der Waals surface area contributed by atoms with Crippen molar-refractivity contribution in [3.63, 3.8) is 0 Å². The van der Waals surface area contributed by atoms with Gasteiger partial charge in [-0.3, -0.25) is 4.79 Å². The number of anilines is 1. The summed E-state index contributed by atoms with van der Waals surface area (Å²) in [6.07, 6.45) is 0.973. The molecular formula is C12H20N4OS. The number of nitrogens with zero attached hydrogens (tertiary/aromatic N) is 2. The normalized spacial score (nSPS) is 18.4. The first kappa shape index (κ1) is 13.3. The predicted molar refractivity (Wildman–Crippen MR) is 74.2 cm³/mol. The average Bonchev–Trinajstić information content (AvgIpc) is 2.60. The van der Waals surface area contributed by atoms with Gasteiger partial charge >= 0.3 is 0 Å². The monoisotopic (exact) mass is 268 g/mol. The van der Waals surface area contributed by atoms with Crippen LogP contribution >= 0.6 is 11.3 Å². The van der Waals surface area contributed by atoms with E-state index >= 15 is 0 Å². The lowest BCUT2D eigenvalue weighted by atomic mass is 10.2. The highest BCUT2D eigenvalue weighted by Crippen LogP contribution is 2.30. The molecule has 2 heterocycles. The van der Waals surface area contributed by atoms with Crippen LogP contribution in [0.15, 0.2) is 0 Å². The Labute approximate surface area is 112 Å². The maximum Gasteiger partial charge on any atom is 0.239 e. The van der Waals surface area contributed by atoms with E-state index in [0.29, 0.717) is 12.6 Å². The third-order valence-corrected chi connectivity index (χ3v) is 4.58. The van der Waals surface area contributed by atoms with Crippen molar-refractivity contribution in [2.24, 2.45) is 0 Å². The average molecular weight is 268 g/mol. The first-order valence-electron chi connectivity index (χ1n) is 6.28. The van der Waals surface area contributed by atoms with Gasteiger partial charge in [0.05, 0.1) is 12.2 Å². The molecule has 2 N–H and O–H groups in total. The molecule has 0 spiro atoms. The molecule has 100 valence electrons. The second-order valence-electron chi connectivity index (χ2n) is 4.58. The summed E-state index contributed by atoms with van der Waals surface area (Å²) >= 11 is 1.68. The van der Waals surface area contributed by atoms with E-state index in [0.717, 1.165) is 30.3 Å². The molecule has 1 atom stereocenters. The summed E-state index contributed by atoms with van der Waals surface area (Å²) in [7, 11) is 1.95. The molecule has 18 heavy (non-hydrogen) atoms. The molecule has 6 heteroatoms. The number of nitrogens with one attached hydrogen (secondary N) is 2. The summed E-state index contributed by atoms with van der Waals surface area (Å²) in [6.45, 7) is 6.22. The minimum atomic E-state index is 0.0866. The number of carbonyl (C=O) groups excluding carboxylic acids is 1. The lowest BCUT2D eigenvalue weighted by molar-refractivity contribution is -0.119. The third-order valence-electron chi connectivity index (χ3n) is 3.18. The number of thiazole rings is 1. The summed E-state index contributed by atoms with van der Waals surface area (Å²) in [5.41, 5.74) is 1.06. The second-order valence-corrected chi connectivity index (χ2v) is 5.59. The zero-order valence-corrected chi connectivity index (χ0v) is 11.9. The van der Waals surface area contributed by atoms with E-state index in [2.05, 4.69) is 27.4 Å². The molecule has 1 aliphatic heterocycles. The fourth-order valence-electron chi connectivity index (χ4n) is 2.03. The summed E-state index contributed by atoms with van der Waals surface area (Å²) in [5, 5.41) is 7.08. The van der Waals surface area contributed by atoms with Crippen LogP contribution in [-0.2, 0) is 4.79 Å². The van der Waals surface area contributed by atoms with Crippen LogP contribution in [0.25, 0.3) is 0 Å². The zero-order chi connectivity index (χ0) is 13.1. The lowest BCUT2D eigenvalue weighted by Crippen LogP contribution is -2.32. The molecule has 0 radical (unpaired) electrons. The van der Waals surface area contributed by atoms with Gasteiger partial charge in [-0.25, -0.2) is 4.98 Å². The van der Waals surface area contributed by atoms with Gasteiger partial charge in [0.15, 0.2) is 5.13 Å². The highest BCUT2D eigenvalue weighted by atomic mass is 32.1. The van der Waals surface area contributed by atoms with Gasteiger partial charge in [0.25, 0.3) is 0 Å². The standard InChI is InChI=1S/C12H20N4OS/c1-8(13-3)11-9(2)15-12(18-11)16-6-4-5-14-10(17)7-16/h8,13H,4-7H2,1-3H3,(H,14,17). The first-order valence-corrected chi connectivity index (χ1v) is 7.09. The molecular weight excluding hydrogens is 248 g/mol. The maximum absolute atomic E-state index is 11.6. The van der Waals surface area contributed by atoms with Crippen LogP contribution < -0.4 is 15.5 Å². The Morgan fingerprint density at radius 3 is 3.06 bits per heavy atom. The van der Waals surface area contributed by atoms with Crippen LogP contribution in [0.1, 0.15) is 30.0 Å². The van der Waals surface area contributed by atoms with Gasteiger partial charge in [-0.1, -0.05) is 11.3 Å². The first-order chi connectivity index (χ1) is 8.61.